The molecule has 104 valence electrons. The number of hydrogen-bond acceptors (Lipinski definition) is 2. The van der Waals surface area contributed by atoms with Crippen LogP contribution in [0.4, 0.5) is 17.6 Å². The minimum Gasteiger partial charge on any atom is -0.313 e. The van der Waals surface area contributed by atoms with E-state index in [0.717, 1.165) is 0 Å². The molecule has 0 unspecified atom stereocenters. The highest BCUT2D eigenvalue weighted by Gasteiger charge is 2.25. The van der Waals surface area contributed by atoms with Gasteiger partial charge in [-0.2, -0.15) is 18.4 Å². The molecule has 0 heterocycles. The third-order valence-corrected chi connectivity index (χ3v) is 2.55. The van der Waals surface area contributed by atoms with E-state index in [1.54, 1.807) is 0 Å². The smallest absolute Gasteiger partial charge is 0.313 e. The molecule has 6 heteroatoms. The zero-order chi connectivity index (χ0) is 14.3. The van der Waals surface area contributed by atoms with Crippen molar-refractivity contribution in [3.63, 3.8) is 0 Å². The Morgan fingerprint density at radius 2 is 1.95 bits per heavy atom. The van der Waals surface area contributed by atoms with Crippen molar-refractivity contribution in [1.82, 2.24) is 5.32 Å². The summed E-state index contributed by atoms with van der Waals surface area (Å²) in [6.07, 6.45) is -4.49. The first kappa shape index (κ1) is 15.4. The summed E-state index contributed by atoms with van der Waals surface area (Å²) in [6.45, 7) is 0.583. The Morgan fingerprint density at radius 3 is 2.58 bits per heavy atom. The Balaban J connectivity index is 2.28. The van der Waals surface area contributed by atoms with Crippen LogP contribution in [0.2, 0.25) is 0 Å². The lowest BCUT2D eigenvalue weighted by atomic mass is 10.1. The van der Waals surface area contributed by atoms with Crippen molar-refractivity contribution < 1.29 is 17.6 Å². The van der Waals surface area contributed by atoms with Crippen LogP contribution in [-0.2, 0) is 6.54 Å². The predicted molar refractivity (Wildman–Crippen MR) is 62.7 cm³/mol. The average molecular weight is 274 g/mol. The molecule has 1 N–H and O–H groups in total. The molecule has 0 atom stereocenters. The van der Waals surface area contributed by atoms with Crippen LogP contribution in [0.1, 0.15) is 30.4 Å². The van der Waals surface area contributed by atoms with Gasteiger partial charge in [-0.1, -0.05) is 0 Å². The summed E-state index contributed by atoms with van der Waals surface area (Å²) in [5, 5.41) is 11.5. The molecule has 1 aromatic rings. The lowest BCUT2D eigenvalue weighted by molar-refractivity contribution is -0.135. The number of alkyl halides is 3. The molecule has 0 bridgehead atoms. The van der Waals surface area contributed by atoms with Crippen molar-refractivity contribution in [2.75, 3.05) is 6.54 Å². The maximum absolute atomic E-state index is 13.3. The average Bonchev–Trinajstić information content (AvgIpc) is 2.34. The zero-order valence-electron chi connectivity index (χ0n) is 10.2. The van der Waals surface area contributed by atoms with Gasteiger partial charge in [0, 0.05) is 18.5 Å². The number of nitrogens with one attached hydrogen (secondary N) is 1. The number of hydrogen-bond donors (Lipinski definition) is 1. The Labute approximate surface area is 109 Å². The standard InChI is InChI=1S/C13H14F4N2/c14-12-4-3-10(8-18)7-11(12)9-19-6-2-1-5-13(15,16)17/h3-4,7,19H,1-2,5-6,9H2. The van der Waals surface area contributed by atoms with E-state index in [0.29, 0.717) is 24.1 Å². The molecular formula is C13H14F4N2. The van der Waals surface area contributed by atoms with Crippen molar-refractivity contribution >= 4 is 0 Å². The fraction of sp³-hybridized carbons (Fsp3) is 0.462. The molecule has 0 amide bonds. The van der Waals surface area contributed by atoms with Gasteiger partial charge >= 0.3 is 6.18 Å². The first-order chi connectivity index (χ1) is 8.92. The highest BCUT2D eigenvalue weighted by atomic mass is 19.4. The third kappa shape index (κ3) is 6.20. The number of rotatable bonds is 6. The van der Waals surface area contributed by atoms with Crippen LogP contribution in [-0.4, -0.2) is 12.7 Å². The number of nitrogens with zero attached hydrogens (tertiary/aromatic N) is 1. The van der Waals surface area contributed by atoms with Gasteiger partial charge in [-0.25, -0.2) is 4.39 Å². The van der Waals surface area contributed by atoms with E-state index >= 15 is 0 Å². The molecule has 0 radical (unpaired) electrons. The van der Waals surface area contributed by atoms with Gasteiger partial charge in [0.25, 0.3) is 0 Å². The topological polar surface area (TPSA) is 35.8 Å². The lowest BCUT2D eigenvalue weighted by Gasteiger charge is -2.08. The molecule has 0 aliphatic heterocycles. The third-order valence-electron chi connectivity index (χ3n) is 2.55. The van der Waals surface area contributed by atoms with E-state index < -0.39 is 18.4 Å². The minimum atomic E-state index is -4.12. The molecule has 0 saturated heterocycles. The van der Waals surface area contributed by atoms with Gasteiger partial charge < -0.3 is 5.32 Å². The van der Waals surface area contributed by atoms with Crippen molar-refractivity contribution in [3.8, 4) is 6.07 Å². The van der Waals surface area contributed by atoms with Crippen LogP contribution in [0.3, 0.4) is 0 Å². The maximum atomic E-state index is 13.3. The predicted octanol–water partition coefficient (Wildman–Crippen LogP) is 3.52. The van der Waals surface area contributed by atoms with E-state index in [1.165, 1.54) is 18.2 Å². The number of halogens is 4. The van der Waals surface area contributed by atoms with Gasteiger partial charge in [0.15, 0.2) is 0 Å². The van der Waals surface area contributed by atoms with E-state index in [-0.39, 0.29) is 13.0 Å². The van der Waals surface area contributed by atoms with Gasteiger partial charge in [-0.05, 0) is 37.6 Å². The van der Waals surface area contributed by atoms with Gasteiger partial charge in [0.05, 0.1) is 11.6 Å². The first-order valence-corrected chi connectivity index (χ1v) is 5.88. The second-order valence-electron chi connectivity index (χ2n) is 4.17. The van der Waals surface area contributed by atoms with Crippen molar-refractivity contribution in [1.29, 1.82) is 5.26 Å². The first-order valence-electron chi connectivity index (χ1n) is 5.88. The van der Waals surface area contributed by atoms with Gasteiger partial charge in [-0.3, -0.25) is 0 Å². The van der Waals surface area contributed by atoms with E-state index in [4.69, 9.17) is 5.26 Å². The number of benzene rings is 1. The van der Waals surface area contributed by atoms with Crippen LogP contribution in [0.25, 0.3) is 0 Å². The Morgan fingerprint density at radius 1 is 1.21 bits per heavy atom. The normalized spacial score (nSPS) is 11.3. The summed E-state index contributed by atoms with van der Waals surface area (Å²) in [6, 6.07) is 5.92. The summed E-state index contributed by atoms with van der Waals surface area (Å²) < 4.78 is 48.9. The number of nitriles is 1. The molecule has 1 aromatic carbocycles. The SMILES string of the molecule is N#Cc1ccc(F)c(CNCCCCC(F)(F)F)c1. The van der Waals surface area contributed by atoms with Gasteiger partial charge in [-0.15, -0.1) is 0 Å². The van der Waals surface area contributed by atoms with Crippen LogP contribution >= 0.6 is 0 Å². The molecule has 0 saturated carbocycles. The molecule has 0 aliphatic rings. The molecular weight excluding hydrogens is 260 g/mol. The molecule has 1 rings (SSSR count). The Hall–Kier alpha value is -1.61. The van der Waals surface area contributed by atoms with Crippen LogP contribution in [0.5, 0.6) is 0 Å². The molecule has 0 spiro atoms. The summed E-state index contributed by atoms with van der Waals surface area (Å²) in [5.41, 5.74) is 0.699. The fourth-order valence-corrected chi connectivity index (χ4v) is 1.58. The lowest BCUT2D eigenvalue weighted by Crippen LogP contribution is -2.16. The second-order valence-corrected chi connectivity index (χ2v) is 4.17. The Kier molecular flexibility index (Phi) is 5.77. The Bertz CT molecular complexity index is 449. The van der Waals surface area contributed by atoms with Gasteiger partial charge in [0.1, 0.15) is 5.82 Å². The minimum absolute atomic E-state index is 0.0528. The highest BCUT2D eigenvalue weighted by molar-refractivity contribution is 5.33. The molecule has 0 fully saturated rings. The van der Waals surface area contributed by atoms with E-state index in [9.17, 15) is 17.6 Å². The van der Waals surface area contributed by atoms with Crippen LogP contribution in [0.15, 0.2) is 18.2 Å². The molecule has 0 aromatic heterocycles. The maximum Gasteiger partial charge on any atom is 0.389 e. The van der Waals surface area contributed by atoms with Crippen LogP contribution in [0, 0.1) is 17.1 Å². The largest absolute Gasteiger partial charge is 0.389 e. The fourth-order valence-electron chi connectivity index (χ4n) is 1.58. The molecule has 0 aliphatic carbocycles. The summed E-state index contributed by atoms with van der Waals surface area (Å²) in [5.74, 6) is -0.429. The number of unbranched alkanes of at least 4 members (excludes halogenated alkanes) is 1. The summed E-state index contributed by atoms with van der Waals surface area (Å²) in [4.78, 5) is 0. The van der Waals surface area contributed by atoms with Crippen molar-refractivity contribution in [2.45, 2.75) is 32.0 Å². The van der Waals surface area contributed by atoms with E-state index in [1.807, 2.05) is 6.07 Å². The van der Waals surface area contributed by atoms with Crippen molar-refractivity contribution in [3.05, 3.63) is 35.1 Å². The second kappa shape index (κ2) is 7.10. The van der Waals surface area contributed by atoms with Crippen LogP contribution < -0.4 is 5.32 Å². The summed E-state index contributed by atoms with van der Waals surface area (Å²) >= 11 is 0. The molecule has 19 heavy (non-hydrogen) atoms. The van der Waals surface area contributed by atoms with Crippen molar-refractivity contribution in [2.24, 2.45) is 0 Å². The quantitative estimate of drug-likeness (QED) is 0.636. The molecule has 2 nitrogen and oxygen atoms in total. The summed E-state index contributed by atoms with van der Waals surface area (Å²) in [7, 11) is 0. The van der Waals surface area contributed by atoms with E-state index in [2.05, 4.69) is 5.32 Å². The monoisotopic (exact) mass is 274 g/mol. The van der Waals surface area contributed by atoms with Gasteiger partial charge in [0.2, 0.25) is 0 Å². The highest BCUT2D eigenvalue weighted by Crippen LogP contribution is 2.21. The zero-order valence-corrected chi connectivity index (χ0v) is 10.2.